The van der Waals surface area contributed by atoms with Crippen molar-refractivity contribution < 1.29 is 9.47 Å². The van der Waals surface area contributed by atoms with Crippen molar-refractivity contribution in [3.63, 3.8) is 0 Å². The molecule has 0 saturated heterocycles. The fraction of sp³-hybridized carbons (Fsp3) is 0.300. The Bertz CT molecular complexity index is 869. The quantitative estimate of drug-likeness (QED) is 0.771. The molecule has 0 radical (unpaired) electrons. The minimum Gasteiger partial charge on any atom is -0.493 e. The van der Waals surface area contributed by atoms with Gasteiger partial charge in [0.2, 0.25) is 0 Å². The average molecular weight is 322 g/mol. The first-order valence-electron chi connectivity index (χ1n) is 8.34. The first kappa shape index (κ1) is 15.1. The van der Waals surface area contributed by atoms with E-state index in [9.17, 15) is 0 Å². The second-order valence-corrected chi connectivity index (χ2v) is 6.21. The number of hydrogen-bond acceptors (Lipinski definition) is 3. The number of H-pyrrole nitrogens is 1. The Morgan fingerprint density at radius 3 is 2.71 bits per heavy atom. The highest BCUT2D eigenvalue weighted by atomic mass is 16.5. The molecule has 1 aromatic heterocycles. The van der Waals surface area contributed by atoms with Crippen LogP contribution in [0.1, 0.15) is 22.9 Å². The van der Waals surface area contributed by atoms with Crippen LogP contribution in [0.5, 0.6) is 11.5 Å². The number of fused-ring (bicyclic) bond motifs is 3. The molecule has 4 rings (SSSR count). The van der Waals surface area contributed by atoms with Gasteiger partial charge in [0.25, 0.3) is 0 Å². The summed E-state index contributed by atoms with van der Waals surface area (Å²) in [5.41, 5.74) is 5.23. The number of ether oxygens (including phenoxy) is 2. The highest BCUT2D eigenvalue weighted by Gasteiger charge is 2.24. The van der Waals surface area contributed by atoms with Gasteiger partial charge in [0, 0.05) is 16.6 Å². The van der Waals surface area contributed by atoms with E-state index in [1.807, 2.05) is 6.07 Å². The number of hydrogen-bond donors (Lipinski definition) is 2. The normalized spacial score (nSPS) is 16.8. The topological polar surface area (TPSA) is 46.3 Å². The molecule has 1 aliphatic rings. The second-order valence-electron chi connectivity index (χ2n) is 6.21. The third-order valence-corrected chi connectivity index (χ3v) is 4.85. The third kappa shape index (κ3) is 2.53. The summed E-state index contributed by atoms with van der Waals surface area (Å²) in [6, 6.07) is 15.0. The molecule has 0 aliphatic carbocycles. The van der Waals surface area contributed by atoms with Crippen molar-refractivity contribution in [2.24, 2.45) is 0 Å². The molecule has 124 valence electrons. The molecule has 0 amide bonds. The SMILES string of the molecule is COc1ccc(CC2NCCc3c2[nH]c2ccccc32)cc1OC. The number of benzene rings is 2. The zero-order valence-electron chi connectivity index (χ0n) is 14.1. The largest absolute Gasteiger partial charge is 0.493 e. The van der Waals surface area contributed by atoms with E-state index in [4.69, 9.17) is 9.47 Å². The molecule has 2 aromatic carbocycles. The van der Waals surface area contributed by atoms with Crippen LogP contribution in [0.2, 0.25) is 0 Å². The number of methoxy groups -OCH3 is 2. The molecule has 0 fully saturated rings. The Labute approximate surface area is 141 Å². The summed E-state index contributed by atoms with van der Waals surface area (Å²) >= 11 is 0. The first-order valence-corrected chi connectivity index (χ1v) is 8.34. The Balaban J connectivity index is 1.67. The Morgan fingerprint density at radius 1 is 1.04 bits per heavy atom. The van der Waals surface area contributed by atoms with Gasteiger partial charge in [-0.05, 0) is 48.7 Å². The molecular formula is C20H22N2O2. The predicted octanol–water partition coefficient (Wildman–Crippen LogP) is 3.61. The summed E-state index contributed by atoms with van der Waals surface area (Å²) in [4.78, 5) is 3.62. The van der Waals surface area contributed by atoms with E-state index in [0.29, 0.717) is 6.04 Å². The van der Waals surface area contributed by atoms with Gasteiger partial charge < -0.3 is 19.8 Å². The first-order chi connectivity index (χ1) is 11.8. The molecular weight excluding hydrogens is 300 g/mol. The Hall–Kier alpha value is -2.46. The van der Waals surface area contributed by atoms with Crippen molar-refractivity contribution >= 4 is 10.9 Å². The van der Waals surface area contributed by atoms with Crippen LogP contribution in [0.25, 0.3) is 10.9 Å². The van der Waals surface area contributed by atoms with Gasteiger partial charge in [-0.25, -0.2) is 0 Å². The highest BCUT2D eigenvalue weighted by Crippen LogP contribution is 2.33. The van der Waals surface area contributed by atoms with Gasteiger partial charge in [-0.2, -0.15) is 0 Å². The fourth-order valence-corrected chi connectivity index (χ4v) is 3.68. The molecule has 1 aliphatic heterocycles. The molecule has 24 heavy (non-hydrogen) atoms. The van der Waals surface area contributed by atoms with Gasteiger partial charge in [-0.3, -0.25) is 0 Å². The van der Waals surface area contributed by atoms with Crippen LogP contribution in [0.4, 0.5) is 0 Å². The van der Waals surface area contributed by atoms with Crippen LogP contribution in [0, 0.1) is 0 Å². The Morgan fingerprint density at radius 2 is 1.88 bits per heavy atom. The predicted molar refractivity (Wildman–Crippen MR) is 96.0 cm³/mol. The van der Waals surface area contributed by atoms with Gasteiger partial charge in [0.1, 0.15) is 0 Å². The van der Waals surface area contributed by atoms with Crippen molar-refractivity contribution in [2.45, 2.75) is 18.9 Å². The molecule has 2 N–H and O–H groups in total. The monoisotopic (exact) mass is 322 g/mol. The average Bonchev–Trinajstić information content (AvgIpc) is 3.01. The standard InChI is InChI=1S/C20H22N2O2/c1-23-18-8-7-13(12-19(18)24-2)11-17-20-15(9-10-21-17)14-5-3-4-6-16(14)22-20/h3-8,12,17,21-22H,9-11H2,1-2H3. The fourth-order valence-electron chi connectivity index (χ4n) is 3.68. The minimum atomic E-state index is 0.291. The molecule has 3 aromatic rings. The smallest absolute Gasteiger partial charge is 0.160 e. The highest BCUT2D eigenvalue weighted by molar-refractivity contribution is 5.85. The second kappa shape index (κ2) is 6.21. The number of aromatic nitrogens is 1. The number of nitrogens with one attached hydrogen (secondary N) is 2. The lowest BCUT2D eigenvalue weighted by atomic mass is 9.94. The van der Waals surface area contributed by atoms with Gasteiger partial charge in [-0.15, -0.1) is 0 Å². The van der Waals surface area contributed by atoms with Crippen LogP contribution >= 0.6 is 0 Å². The van der Waals surface area contributed by atoms with Gasteiger partial charge in [0.15, 0.2) is 11.5 Å². The van der Waals surface area contributed by atoms with Crippen LogP contribution in [-0.2, 0) is 12.8 Å². The van der Waals surface area contributed by atoms with Crippen LogP contribution < -0.4 is 14.8 Å². The summed E-state index contributed by atoms with van der Waals surface area (Å²) < 4.78 is 10.8. The van der Waals surface area contributed by atoms with Crippen LogP contribution in [0.3, 0.4) is 0 Å². The summed E-state index contributed by atoms with van der Waals surface area (Å²) in [5, 5.41) is 5.00. The molecule has 4 nitrogen and oxygen atoms in total. The molecule has 1 unspecified atom stereocenters. The zero-order chi connectivity index (χ0) is 16.5. The molecule has 2 heterocycles. The van der Waals surface area contributed by atoms with Crippen molar-refractivity contribution in [3.8, 4) is 11.5 Å². The maximum Gasteiger partial charge on any atom is 0.160 e. The maximum atomic E-state index is 5.43. The summed E-state index contributed by atoms with van der Waals surface area (Å²) in [7, 11) is 3.34. The van der Waals surface area contributed by atoms with E-state index >= 15 is 0 Å². The lowest BCUT2D eigenvalue weighted by Crippen LogP contribution is -2.31. The van der Waals surface area contributed by atoms with Gasteiger partial charge >= 0.3 is 0 Å². The lowest BCUT2D eigenvalue weighted by molar-refractivity contribution is 0.354. The lowest BCUT2D eigenvalue weighted by Gasteiger charge is -2.25. The molecule has 0 bridgehead atoms. The van der Waals surface area contributed by atoms with Crippen molar-refractivity contribution in [1.29, 1.82) is 0 Å². The summed E-state index contributed by atoms with van der Waals surface area (Å²) in [6.07, 6.45) is 1.99. The maximum absolute atomic E-state index is 5.43. The van der Waals surface area contributed by atoms with E-state index in [-0.39, 0.29) is 0 Å². The van der Waals surface area contributed by atoms with Crippen molar-refractivity contribution in [1.82, 2.24) is 10.3 Å². The number of para-hydroxylation sites is 1. The van der Waals surface area contributed by atoms with Crippen LogP contribution in [-0.4, -0.2) is 25.7 Å². The number of rotatable bonds is 4. The van der Waals surface area contributed by atoms with E-state index in [2.05, 4.69) is 46.7 Å². The number of aromatic amines is 1. The third-order valence-electron chi connectivity index (χ3n) is 4.85. The molecule has 4 heteroatoms. The summed E-state index contributed by atoms with van der Waals surface area (Å²) in [5.74, 6) is 1.55. The molecule has 0 spiro atoms. The van der Waals surface area contributed by atoms with Crippen LogP contribution in [0.15, 0.2) is 42.5 Å². The summed E-state index contributed by atoms with van der Waals surface area (Å²) in [6.45, 7) is 1.01. The zero-order valence-corrected chi connectivity index (χ0v) is 14.1. The van der Waals surface area contributed by atoms with E-state index in [1.54, 1.807) is 14.2 Å². The van der Waals surface area contributed by atoms with E-state index in [0.717, 1.165) is 30.9 Å². The van der Waals surface area contributed by atoms with E-state index in [1.165, 1.54) is 27.7 Å². The van der Waals surface area contributed by atoms with E-state index < -0.39 is 0 Å². The minimum absolute atomic E-state index is 0.291. The van der Waals surface area contributed by atoms with Crippen molar-refractivity contribution in [3.05, 3.63) is 59.3 Å². The molecule has 1 atom stereocenters. The van der Waals surface area contributed by atoms with Crippen molar-refractivity contribution in [2.75, 3.05) is 20.8 Å². The van der Waals surface area contributed by atoms with Gasteiger partial charge in [-0.1, -0.05) is 24.3 Å². The molecule has 0 saturated carbocycles. The van der Waals surface area contributed by atoms with Gasteiger partial charge in [0.05, 0.1) is 20.3 Å². The Kier molecular flexibility index (Phi) is 3.90.